The summed E-state index contributed by atoms with van der Waals surface area (Å²) in [6.07, 6.45) is 2.70. The van der Waals surface area contributed by atoms with Gasteiger partial charge in [-0.2, -0.15) is 0 Å². The molecule has 0 unspecified atom stereocenters. The molecule has 1 fully saturated rings. The van der Waals surface area contributed by atoms with Crippen molar-refractivity contribution >= 4 is 7.82 Å². The zero-order valence-corrected chi connectivity index (χ0v) is 13.4. The van der Waals surface area contributed by atoms with Crippen molar-refractivity contribution in [2.75, 3.05) is 6.61 Å². The van der Waals surface area contributed by atoms with Gasteiger partial charge in [0.05, 0.1) is 17.8 Å². The highest BCUT2D eigenvalue weighted by molar-refractivity contribution is 7.48. The summed E-state index contributed by atoms with van der Waals surface area (Å²) < 4.78 is 29.1. The van der Waals surface area contributed by atoms with Crippen molar-refractivity contribution in [2.24, 2.45) is 5.92 Å². The van der Waals surface area contributed by atoms with Crippen LogP contribution in [0.1, 0.15) is 60.8 Å². The second kappa shape index (κ2) is 5.62. The van der Waals surface area contributed by atoms with Crippen LogP contribution in [0.3, 0.4) is 0 Å². The third kappa shape index (κ3) is 4.65. The van der Waals surface area contributed by atoms with Crippen LogP contribution in [-0.4, -0.2) is 17.8 Å². The van der Waals surface area contributed by atoms with Gasteiger partial charge >= 0.3 is 7.82 Å². The molecule has 108 valence electrons. The molecule has 1 aliphatic heterocycles. The molecule has 0 amide bonds. The fourth-order valence-corrected chi connectivity index (χ4v) is 4.36. The monoisotopic (exact) mass is 278 g/mol. The molecule has 0 bridgehead atoms. The normalized spacial score (nSPS) is 25.3. The molecule has 4 nitrogen and oxygen atoms in total. The lowest BCUT2D eigenvalue weighted by Gasteiger charge is -2.43. The van der Waals surface area contributed by atoms with E-state index in [1.54, 1.807) is 0 Å². The molecule has 0 radical (unpaired) electrons. The lowest BCUT2D eigenvalue weighted by molar-refractivity contribution is -0.0910. The molecule has 5 heteroatoms. The predicted molar refractivity (Wildman–Crippen MR) is 72.6 cm³/mol. The van der Waals surface area contributed by atoms with Crippen LogP contribution >= 0.6 is 7.82 Å². The smallest absolute Gasteiger partial charge is 0.287 e. The minimum atomic E-state index is -3.44. The van der Waals surface area contributed by atoms with Gasteiger partial charge in [-0.1, -0.05) is 26.7 Å². The quantitative estimate of drug-likeness (QED) is 0.692. The van der Waals surface area contributed by atoms with Crippen LogP contribution in [0.5, 0.6) is 0 Å². The number of hydrogen-bond acceptors (Lipinski definition) is 4. The minimum absolute atomic E-state index is 0.399. The molecular weight excluding hydrogens is 251 g/mol. The van der Waals surface area contributed by atoms with E-state index in [1.165, 1.54) is 0 Å². The summed E-state index contributed by atoms with van der Waals surface area (Å²) >= 11 is 0. The van der Waals surface area contributed by atoms with Gasteiger partial charge in [-0.15, -0.1) is 0 Å². The summed E-state index contributed by atoms with van der Waals surface area (Å²) in [6, 6.07) is 0. The second-order valence-electron chi connectivity index (χ2n) is 6.30. The lowest BCUT2D eigenvalue weighted by atomic mass is 9.93. The first-order valence-corrected chi connectivity index (χ1v) is 8.23. The van der Waals surface area contributed by atoms with Gasteiger partial charge in [0.15, 0.2) is 0 Å². The van der Waals surface area contributed by atoms with Gasteiger partial charge in [-0.3, -0.25) is 13.6 Å². The van der Waals surface area contributed by atoms with Gasteiger partial charge in [0, 0.05) is 6.42 Å². The lowest BCUT2D eigenvalue weighted by Crippen LogP contribution is -2.41. The highest BCUT2D eigenvalue weighted by Crippen LogP contribution is 2.61. The molecule has 0 spiro atoms. The molecule has 1 saturated heterocycles. The Balaban J connectivity index is 2.70. The van der Waals surface area contributed by atoms with Crippen LogP contribution < -0.4 is 0 Å². The molecule has 0 N–H and O–H groups in total. The SMILES string of the molecule is CCC(CC)COP1(=O)OC(C)(C)CC(C)(C)O1. The Kier molecular flexibility index (Phi) is 5.05. The molecule has 18 heavy (non-hydrogen) atoms. The summed E-state index contributed by atoms with van der Waals surface area (Å²) in [4.78, 5) is 0. The highest BCUT2D eigenvalue weighted by atomic mass is 31.2. The number of phosphoric ester groups is 1. The minimum Gasteiger partial charge on any atom is -0.287 e. The zero-order chi connectivity index (χ0) is 14.0. The van der Waals surface area contributed by atoms with Gasteiger partial charge in [-0.05, 0) is 33.6 Å². The summed E-state index contributed by atoms with van der Waals surface area (Å²) in [7, 11) is -3.44. The molecular formula is C13H27O4P. The van der Waals surface area contributed by atoms with E-state index in [2.05, 4.69) is 13.8 Å². The van der Waals surface area contributed by atoms with Crippen LogP contribution in [0.15, 0.2) is 0 Å². The molecule has 1 rings (SSSR count). The maximum atomic E-state index is 12.5. The Morgan fingerprint density at radius 2 is 1.56 bits per heavy atom. The van der Waals surface area contributed by atoms with Gasteiger partial charge in [0.2, 0.25) is 0 Å². The summed E-state index contributed by atoms with van der Waals surface area (Å²) in [5, 5.41) is 0. The Morgan fingerprint density at radius 3 is 1.94 bits per heavy atom. The first-order chi connectivity index (χ1) is 8.11. The van der Waals surface area contributed by atoms with Crippen molar-refractivity contribution in [3.63, 3.8) is 0 Å². The van der Waals surface area contributed by atoms with E-state index < -0.39 is 19.0 Å². The summed E-state index contributed by atoms with van der Waals surface area (Å²) in [5.41, 5.74) is -0.962. The summed E-state index contributed by atoms with van der Waals surface area (Å²) in [6.45, 7) is 12.3. The van der Waals surface area contributed by atoms with Crippen LogP contribution in [0.25, 0.3) is 0 Å². The van der Waals surface area contributed by atoms with Crippen LogP contribution in [0.2, 0.25) is 0 Å². The van der Waals surface area contributed by atoms with E-state index >= 15 is 0 Å². The molecule has 1 heterocycles. The third-order valence-electron chi connectivity index (χ3n) is 3.19. The topological polar surface area (TPSA) is 44.8 Å². The number of hydrogen-bond donors (Lipinski definition) is 0. The average Bonchev–Trinajstić information content (AvgIpc) is 2.13. The number of rotatable bonds is 5. The van der Waals surface area contributed by atoms with Crippen LogP contribution in [0.4, 0.5) is 0 Å². The van der Waals surface area contributed by atoms with Gasteiger partial charge in [0.1, 0.15) is 0 Å². The van der Waals surface area contributed by atoms with Crippen molar-refractivity contribution in [2.45, 2.75) is 72.0 Å². The Bertz CT molecular complexity index is 301. The molecule has 0 atom stereocenters. The maximum Gasteiger partial charge on any atom is 0.475 e. The van der Waals surface area contributed by atoms with Crippen molar-refractivity contribution in [3.8, 4) is 0 Å². The van der Waals surface area contributed by atoms with Gasteiger partial charge < -0.3 is 0 Å². The molecule has 0 saturated carbocycles. The average molecular weight is 278 g/mol. The Hall–Kier alpha value is 0.110. The van der Waals surface area contributed by atoms with Crippen LogP contribution in [0, 0.1) is 5.92 Å². The third-order valence-corrected chi connectivity index (χ3v) is 5.09. The van der Waals surface area contributed by atoms with E-state index in [9.17, 15) is 4.57 Å². The van der Waals surface area contributed by atoms with E-state index in [0.29, 0.717) is 18.9 Å². The maximum absolute atomic E-state index is 12.5. The fourth-order valence-electron chi connectivity index (χ4n) is 2.49. The largest absolute Gasteiger partial charge is 0.475 e. The standard InChI is InChI=1S/C13H27O4P/c1-7-11(8-2)9-15-18(14)16-12(3,4)10-13(5,6)17-18/h11H,7-10H2,1-6H3. The Morgan fingerprint density at radius 1 is 1.11 bits per heavy atom. The first-order valence-electron chi connectivity index (χ1n) is 6.77. The predicted octanol–water partition coefficient (Wildman–Crippen LogP) is 4.54. The van der Waals surface area contributed by atoms with Crippen molar-refractivity contribution in [1.82, 2.24) is 0 Å². The van der Waals surface area contributed by atoms with E-state index in [-0.39, 0.29) is 0 Å². The zero-order valence-electron chi connectivity index (χ0n) is 12.5. The Labute approximate surface area is 111 Å². The van der Waals surface area contributed by atoms with E-state index in [4.69, 9.17) is 13.6 Å². The van der Waals surface area contributed by atoms with Crippen molar-refractivity contribution in [3.05, 3.63) is 0 Å². The van der Waals surface area contributed by atoms with Gasteiger partial charge in [0.25, 0.3) is 0 Å². The molecule has 1 aliphatic rings. The van der Waals surface area contributed by atoms with Gasteiger partial charge in [-0.25, -0.2) is 4.57 Å². The first kappa shape index (κ1) is 16.2. The summed E-state index contributed by atoms with van der Waals surface area (Å²) in [5.74, 6) is 0.399. The second-order valence-corrected chi connectivity index (χ2v) is 7.82. The molecule has 0 aromatic rings. The van der Waals surface area contributed by atoms with Crippen molar-refractivity contribution < 1.29 is 18.1 Å². The highest BCUT2D eigenvalue weighted by Gasteiger charge is 2.48. The van der Waals surface area contributed by atoms with E-state index in [1.807, 2.05) is 27.7 Å². The molecule has 0 aromatic heterocycles. The van der Waals surface area contributed by atoms with Crippen LogP contribution in [-0.2, 0) is 18.1 Å². The van der Waals surface area contributed by atoms with E-state index in [0.717, 1.165) is 12.8 Å². The fraction of sp³-hybridized carbons (Fsp3) is 1.00. The van der Waals surface area contributed by atoms with Crippen molar-refractivity contribution in [1.29, 1.82) is 0 Å². The number of phosphoric acid groups is 1. The molecule has 0 aliphatic carbocycles. The molecule has 0 aromatic carbocycles.